The van der Waals surface area contributed by atoms with Crippen molar-refractivity contribution in [2.45, 2.75) is 6.54 Å². The zero-order chi connectivity index (χ0) is 16.5. The van der Waals surface area contributed by atoms with Gasteiger partial charge in [-0.2, -0.15) is 4.68 Å². The lowest BCUT2D eigenvalue weighted by Gasteiger charge is -1.94. The Morgan fingerprint density at radius 2 is 2.04 bits per heavy atom. The summed E-state index contributed by atoms with van der Waals surface area (Å²) in [6.07, 6.45) is 0. The number of rotatable bonds is 4. The van der Waals surface area contributed by atoms with Crippen molar-refractivity contribution < 1.29 is 8.94 Å². The van der Waals surface area contributed by atoms with Crippen molar-refractivity contribution in [2.75, 3.05) is 0 Å². The number of benzene rings is 1. The maximum atomic E-state index is 11.9. The molecule has 4 aromatic rings. The van der Waals surface area contributed by atoms with Gasteiger partial charge in [-0.25, -0.2) is 4.79 Å². The molecular weight excluding hydrogens is 350 g/mol. The molecule has 0 bridgehead atoms. The molecule has 4 rings (SSSR count). The van der Waals surface area contributed by atoms with Gasteiger partial charge in [0.05, 0.1) is 4.88 Å². The van der Waals surface area contributed by atoms with Crippen LogP contribution in [0.1, 0.15) is 5.76 Å². The van der Waals surface area contributed by atoms with E-state index in [0.717, 1.165) is 10.4 Å². The Morgan fingerprint density at radius 1 is 1.21 bits per heavy atom. The smallest absolute Gasteiger partial charge is 0.387 e. The van der Waals surface area contributed by atoms with Crippen LogP contribution in [0.4, 0.5) is 0 Å². The lowest BCUT2D eigenvalue weighted by molar-refractivity contribution is 0.367. The summed E-state index contributed by atoms with van der Waals surface area (Å²) in [5.74, 6) is 0.267. The van der Waals surface area contributed by atoms with E-state index in [0.29, 0.717) is 22.4 Å². The summed E-state index contributed by atoms with van der Waals surface area (Å²) >= 11 is 7.33. The van der Waals surface area contributed by atoms with E-state index in [1.54, 1.807) is 18.2 Å². The van der Waals surface area contributed by atoms with Gasteiger partial charge in [0.1, 0.15) is 12.2 Å². The van der Waals surface area contributed by atoms with Gasteiger partial charge in [0.2, 0.25) is 0 Å². The van der Waals surface area contributed by atoms with E-state index in [4.69, 9.17) is 20.5 Å². The lowest BCUT2D eigenvalue weighted by atomic mass is 10.1. The van der Waals surface area contributed by atoms with Gasteiger partial charge in [-0.1, -0.05) is 35.0 Å². The minimum Gasteiger partial charge on any atom is -0.387 e. The topological polar surface area (TPSA) is 74.1 Å². The third-order valence-electron chi connectivity index (χ3n) is 3.34. The average Bonchev–Trinajstić information content (AvgIpc) is 3.31. The van der Waals surface area contributed by atoms with Crippen molar-refractivity contribution in [1.29, 1.82) is 0 Å². The molecule has 0 saturated carbocycles. The first-order chi connectivity index (χ1) is 11.7. The summed E-state index contributed by atoms with van der Waals surface area (Å²) in [5, 5.41) is 10.7. The van der Waals surface area contributed by atoms with Gasteiger partial charge >= 0.3 is 5.76 Å². The maximum Gasteiger partial charge on any atom is 0.437 e. The summed E-state index contributed by atoms with van der Waals surface area (Å²) in [5.41, 5.74) is 1.54. The summed E-state index contributed by atoms with van der Waals surface area (Å²) in [4.78, 5) is 12.7. The molecule has 3 aromatic heterocycles. The highest BCUT2D eigenvalue weighted by atomic mass is 35.5. The number of halogens is 1. The van der Waals surface area contributed by atoms with E-state index < -0.39 is 5.76 Å². The van der Waals surface area contributed by atoms with Gasteiger partial charge in [-0.15, -0.1) is 16.4 Å². The Balaban J connectivity index is 1.58. The second kappa shape index (κ2) is 6.10. The van der Waals surface area contributed by atoms with Crippen molar-refractivity contribution >= 4 is 22.9 Å². The molecule has 0 aliphatic rings. The Labute approximate surface area is 144 Å². The van der Waals surface area contributed by atoms with Crippen LogP contribution in [-0.4, -0.2) is 14.9 Å². The predicted octanol–water partition coefficient (Wildman–Crippen LogP) is 3.92. The monoisotopic (exact) mass is 359 g/mol. The van der Waals surface area contributed by atoms with Crippen LogP contribution in [0.25, 0.3) is 22.0 Å². The van der Waals surface area contributed by atoms with Crippen molar-refractivity contribution in [3.05, 3.63) is 69.2 Å². The highest BCUT2D eigenvalue weighted by molar-refractivity contribution is 7.13. The van der Waals surface area contributed by atoms with Crippen LogP contribution >= 0.6 is 22.9 Å². The quantitative estimate of drug-likeness (QED) is 0.552. The second-order valence-electron chi connectivity index (χ2n) is 4.99. The van der Waals surface area contributed by atoms with Crippen LogP contribution < -0.4 is 5.76 Å². The molecule has 24 heavy (non-hydrogen) atoms. The standard InChI is InChI=1S/C16H10ClN3O3S/c17-11-5-3-10(4-6-11)13-8-12(23-19-13)9-20-16(21)22-15(18-20)14-2-1-7-24-14/h1-8H,9H2. The number of nitrogens with zero attached hydrogens (tertiary/aromatic N) is 3. The fourth-order valence-electron chi connectivity index (χ4n) is 2.20. The summed E-state index contributed by atoms with van der Waals surface area (Å²) in [6.45, 7) is 0.147. The van der Waals surface area contributed by atoms with E-state index in [9.17, 15) is 4.79 Å². The molecule has 0 amide bonds. The molecule has 0 atom stereocenters. The SMILES string of the molecule is O=c1oc(-c2cccs2)nn1Cc1cc(-c2ccc(Cl)cc2)no1. The maximum absolute atomic E-state index is 11.9. The van der Waals surface area contributed by atoms with Gasteiger partial charge in [0.25, 0.3) is 5.89 Å². The number of hydrogen-bond acceptors (Lipinski definition) is 6. The van der Waals surface area contributed by atoms with Crippen LogP contribution in [0.5, 0.6) is 0 Å². The molecule has 0 fully saturated rings. The number of thiophene rings is 1. The zero-order valence-electron chi connectivity index (χ0n) is 12.2. The van der Waals surface area contributed by atoms with Crippen LogP contribution in [0.2, 0.25) is 5.02 Å². The summed E-state index contributed by atoms with van der Waals surface area (Å²) in [6, 6.07) is 12.7. The first-order valence-corrected chi connectivity index (χ1v) is 8.28. The first-order valence-electron chi connectivity index (χ1n) is 7.02. The van der Waals surface area contributed by atoms with Crippen LogP contribution in [0, 0.1) is 0 Å². The van der Waals surface area contributed by atoms with E-state index in [1.165, 1.54) is 16.0 Å². The molecule has 120 valence electrons. The molecule has 0 radical (unpaired) electrons. The first kappa shape index (κ1) is 14.9. The predicted molar refractivity (Wildman–Crippen MR) is 90.1 cm³/mol. The Kier molecular flexibility index (Phi) is 3.79. The highest BCUT2D eigenvalue weighted by Crippen LogP contribution is 2.23. The lowest BCUT2D eigenvalue weighted by Crippen LogP contribution is -2.16. The Bertz CT molecular complexity index is 1020. The largest absolute Gasteiger partial charge is 0.437 e. The second-order valence-corrected chi connectivity index (χ2v) is 6.38. The van der Waals surface area contributed by atoms with Crippen molar-refractivity contribution in [3.8, 4) is 22.0 Å². The molecule has 0 unspecified atom stereocenters. The molecule has 3 heterocycles. The number of aromatic nitrogens is 3. The molecule has 6 nitrogen and oxygen atoms in total. The van der Waals surface area contributed by atoms with Gasteiger partial charge in [0.15, 0.2) is 5.76 Å². The third-order valence-corrected chi connectivity index (χ3v) is 4.45. The number of hydrogen-bond donors (Lipinski definition) is 0. The summed E-state index contributed by atoms with van der Waals surface area (Å²) < 4.78 is 11.7. The molecule has 8 heteroatoms. The van der Waals surface area contributed by atoms with Gasteiger partial charge in [0, 0.05) is 16.7 Å². The molecule has 0 spiro atoms. The molecule has 0 saturated heterocycles. The summed E-state index contributed by atoms with van der Waals surface area (Å²) in [7, 11) is 0. The average molecular weight is 360 g/mol. The van der Waals surface area contributed by atoms with Crippen LogP contribution in [0.15, 0.2) is 61.6 Å². The molecule has 1 aromatic carbocycles. The van der Waals surface area contributed by atoms with Crippen molar-refractivity contribution in [3.63, 3.8) is 0 Å². The van der Waals surface area contributed by atoms with Crippen LogP contribution in [-0.2, 0) is 6.54 Å². The Hall–Kier alpha value is -2.64. The minimum absolute atomic E-state index is 0.147. The fourth-order valence-corrected chi connectivity index (χ4v) is 2.97. The van der Waals surface area contributed by atoms with E-state index in [2.05, 4.69) is 10.3 Å². The van der Waals surface area contributed by atoms with Gasteiger partial charge in [-0.05, 0) is 23.6 Å². The van der Waals surface area contributed by atoms with E-state index in [-0.39, 0.29) is 6.54 Å². The van der Waals surface area contributed by atoms with Gasteiger partial charge < -0.3 is 8.94 Å². The molecule has 0 aliphatic carbocycles. The Morgan fingerprint density at radius 3 is 2.79 bits per heavy atom. The fraction of sp³-hybridized carbons (Fsp3) is 0.0625. The van der Waals surface area contributed by atoms with Gasteiger partial charge in [-0.3, -0.25) is 0 Å². The molecule has 0 aliphatic heterocycles. The molecular formula is C16H10ClN3O3S. The van der Waals surface area contributed by atoms with E-state index >= 15 is 0 Å². The normalized spacial score (nSPS) is 11.0. The van der Waals surface area contributed by atoms with Crippen molar-refractivity contribution in [1.82, 2.24) is 14.9 Å². The molecule has 0 N–H and O–H groups in total. The van der Waals surface area contributed by atoms with Crippen LogP contribution in [0.3, 0.4) is 0 Å². The minimum atomic E-state index is -0.539. The third kappa shape index (κ3) is 2.91. The van der Waals surface area contributed by atoms with E-state index in [1.807, 2.05) is 29.6 Å². The van der Waals surface area contributed by atoms with Crippen molar-refractivity contribution in [2.24, 2.45) is 0 Å². The highest BCUT2D eigenvalue weighted by Gasteiger charge is 2.14. The zero-order valence-corrected chi connectivity index (χ0v) is 13.8.